The standard InChI is InChI=1S/C28H27N5O2/c1-19-5-7-20(8-6-19)17-33(23-11-24(34-3)14-25(12-23)35-4)22-9-10-26-27(13-22)31-28(16-29-26)21-15-30-32(2)18-21/h5-16,18H,17H2,1-4H3. The van der Waals surface area contributed by atoms with Gasteiger partial charge in [-0.2, -0.15) is 5.10 Å². The maximum Gasteiger partial charge on any atom is 0.124 e. The van der Waals surface area contributed by atoms with E-state index in [1.807, 2.05) is 37.5 Å². The third-order valence-electron chi connectivity index (χ3n) is 5.95. The highest BCUT2D eigenvalue weighted by Crippen LogP contribution is 2.35. The second kappa shape index (κ2) is 9.46. The summed E-state index contributed by atoms with van der Waals surface area (Å²) in [6.07, 6.45) is 5.52. The van der Waals surface area contributed by atoms with Crippen LogP contribution in [-0.4, -0.2) is 34.0 Å². The Labute approximate surface area is 204 Å². The monoisotopic (exact) mass is 465 g/mol. The maximum atomic E-state index is 5.55. The van der Waals surface area contributed by atoms with Crippen LogP contribution in [0.25, 0.3) is 22.3 Å². The van der Waals surface area contributed by atoms with Crippen molar-refractivity contribution in [2.24, 2.45) is 7.05 Å². The fourth-order valence-electron chi connectivity index (χ4n) is 4.02. The number of anilines is 2. The Hall–Kier alpha value is -4.39. The van der Waals surface area contributed by atoms with Gasteiger partial charge in [-0.15, -0.1) is 0 Å². The van der Waals surface area contributed by atoms with Gasteiger partial charge >= 0.3 is 0 Å². The summed E-state index contributed by atoms with van der Waals surface area (Å²) in [5.41, 5.74) is 7.73. The quantitative estimate of drug-likeness (QED) is 0.307. The second-order valence-electron chi connectivity index (χ2n) is 8.47. The van der Waals surface area contributed by atoms with Gasteiger partial charge in [0, 0.05) is 54.9 Å². The molecule has 7 heteroatoms. The molecule has 5 rings (SSSR count). The van der Waals surface area contributed by atoms with Gasteiger partial charge in [-0.25, -0.2) is 4.98 Å². The lowest BCUT2D eigenvalue weighted by Crippen LogP contribution is -2.17. The average molecular weight is 466 g/mol. The van der Waals surface area contributed by atoms with Gasteiger partial charge in [0.25, 0.3) is 0 Å². The van der Waals surface area contributed by atoms with Gasteiger partial charge in [-0.05, 0) is 30.7 Å². The summed E-state index contributed by atoms with van der Waals surface area (Å²) in [4.78, 5) is 11.7. The van der Waals surface area contributed by atoms with Crippen LogP contribution in [0.1, 0.15) is 11.1 Å². The van der Waals surface area contributed by atoms with Crippen LogP contribution in [0.4, 0.5) is 11.4 Å². The zero-order chi connectivity index (χ0) is 24.4. The number of benzene rings is 3. The largest absolute Gasteiger partial charge is 0.497 e. The Balaban J connectivity index is 1.62. The number of aromatic nitrogens is 4. The van der Waals surface area contributed by atoms with Gasteiger partial charge in [0.1, 0.15) is 11.5 Å². The number of fused-ring (bicyclic) bond motifs is 1. The molecule has 176 valence electrons. The number of methoxy groups -OCH3 is 2. The van der Waals surface area contributed by atoms with Gasteiger partial charge in [0.2, 0.25) is 0 Å². The SMILES string of the molecule is COc1cc(OC)cc(N(Cc2ccc(C)cc2)c2ccc3ncc(-c4cnn(C)c4)nc3c2)c1. The predicted octanol–water partition coefficient (Wildman–Crippen LogP) is 5.69. The van der Waals surface area contributed by atoms with Crippen LogP contribution in [0.2, 0.25) is 0 Å². The minimum Gasteiger partial charge on any atom is -0.497 e. The van der Waals surface area contributed by atoms with Crippen molar-refractivity contribution in [1.29, 1.82) is 0 Å². The van der Waals surface area contributed by atoms with E-state index in [0.717, 1.165) is 45.2 Å². The highest BCUT2D eigenvalue weighted by molar-refractivity contribution is 5.82. The average Bonchev–Trinajstić information content (AvgIpc) is 3.33. The first kappa shape index (κ1) is 22.4. The highest BCUT2D eigenvalue weighted by atomic mass is 16.5. The van der Waals surface area contributed by atoms with E-state index < -0.39 is 0 Å². The number of ether oxygens (including phenoxy) is 2. The second-order valence-corrected chi connectivity index (χ2v) is 8.47. The van der Waals surface area contributed by atoms with Gasteiger partial charge in [0.05, 0.1) is 43.3 Å². The molecule has 0 aliphatic rings. The Morgan fingerprint density at radius 2 is 1.57 bits per heavy atom. The van der Waals surface area contributed by atoms with Crippen molar-refractivity contribution in [2.45, 2.75) is 13.5 Å². The predicted molar refractivity (Wildman–Crippen MR) is 138 cm³/mol. The number of nitrogens with zero attached hydrogens (tertiary/aromatic N) is 5. The molecule has 7 nitrogen and oxygen atoms in total. The van der Waals surface area contributed by atoms with Crippen molar-refractivity contribution < 1.29 is 9.47 Å². The Morgan fingerprint density at radius 3 is 2.23 bits per heavy atom. The van der Waals surface area contributed by atoms with Gasteiger partial charge in [-0.1, -0.05) is 29.8 Å². The number of rotatable bonds is 7. The number of hydrogen-bond donors (Lipinski definition) is 0. The highest BCUT2D eigenvalue weighted by Gasteiger charge is 2.15. The number of aryl methyl sites for hydroxylation is 2. The first-order valence-electron chi connectivity index (χ1n) is 11.3. The third kappa shape index (κ3) is 4.80. The van der Waals surface area contributed by atoms with Crippen LogP contribution in [0.3, 0.4) is 0 Å². The smallest absolute Gasteiger partial charge is 0.124 e. The molecule has 5 aromatic rings. The van der Waals surface area contributed by atoms with E-state index in [0.29, 0.717) is 6.54 Å². The fourth-order valence-corrected chi connectivity index (χ4v) is 4.02. The molecule has 0 aliphatic heterocycles. The summed E-state index contributed by atoms with van der Waals surface area (Å²) in [6, 6.07) is 20.6. The molecule has 0 fully saturated rings. The Bertz CT molecular complexity index is 1450. The van der Waals surface area contributed by atoms with E-state index in [1.165, 1.54) is 11.1 Å². The van der Waals surface area contributed by atoms with Crippen LogP contribution < -0.4 is 14.4 Å². The molecular formula is C28H27N5O2. The summed E-state index contributed by atoms with van der Waals surface area (Å²) in [5, 5.41) is 4.26. The lowest BCUT2D eigenvalue weighted by Gasteiger charge is -2.26. The van der Waals surface area contributed by atoms with Crippen LogP contribution in [0, 0.1) is 6.92 Å². The molecule has 0 aliphatic carbocycles. The van der Waals surface area contributed by atoms with Crippen molar-refractivity contribution in [2.75, 3.05) is 19.1 Å². The van der Waals surface area contributed by atoms with E-state index in [4.69, 9.17) is 14.5 Å². The van der Waals surface area contributed by atoms with Gasteiger partial charge < -0.3 is 14.4 Å². The molecule has 0 N–H and O–H groups in total. The van der Waals surface area contributed by atoms with Crippen LogP contribution in [0.5, 0.6) is 11.5 Å². The molecule has 0 atom stereocenters. The third-order valence-corrected chi connectivity index (χ3v) is 5.95. The molecular weight excluding hydrogens is 438 g/mol. The zero-order valence-corrected chi connectivity index (χ0v) is 20.3. The van der Waals surface area contributed by atoms with Gasteiger partial charge in [-0.3, -0.25) is 9.67 Å². The van der Waals surface area contributed by atoms with Crippen molar-refractivity contribution in [3.05, 3.63) is 90.4 Å². The molecule has 3 aromatic carbocycles. The van der Waals surface area contributed by atoms with E-state index in [-0.39, 0.29) is 0 Å². The molecule has 0 bridgehead atoms. The van der Waals surface area contributed by atoms with Crippen molar-refractivity contribution >= 4 is 22.4 Å². The minimum absolute atomic E-state index is 0.665. The molecule has 2 heterocycles. The van der Waals surface area contributed by atoms with Crippen LogP contribution >= 0.6 is 0 Å². The Kier molecular flexibility index (Phi) is 6.06. The first-order chi connectivity index (χ1) is 17.0. The maximum absolute atomic E-state index is 5.55. The lowest BCUT2D eigenvalue weighted by molar-refractivity contribution is 0.394. The molecule has 0 saturated carbocycles. The molecule has 0 spiro atoms. The summed E-state index contributed by atoms with van der Waals surface area (Å²) in [6.45, 7) is 2.76. The van der Waals surface area contributed by atoms with Crippen LogP contribution in [-0.2, 0) is 13.6 Å². The normalized spacial score (nSPS) is 11.0. The lowest BCUT2D eigenvalue weighted by atomic mass is 10.1. The Morgan fingerprint density at radius 1 is 0.829 bits per heavy atom. The summed E-state index contributed by atoms with van der Waals surface area (Å²) < 4.78 is 12.9. The van der Waals surface area contributed by atoms with E-state index in [9.17, 15) is 0 Å². The van der Waals surface area contributed by atoms with Crippen molar-refractivity contribution in [3.63, 3.8) is 0 Å². The topological polar surface area (TPSA) is 65.3 Å². The summed E-state index contributed by atoms with van der Waals surface area (Å²) >= 11 is 0. The molecule has 0 unspecified atom stereocenters. The summed E-state index contributed by atoms with van der Waals surface area (Å²) in [7, 11) is 5.21. The van der Waals surface area contributed by atoms with E-state index in [2.05, 4.69) is 58.3 Å². The van der Waals surface area contributed by atoms with E-state index >= 15 is 0 Å². The fraction of sp³-hybridized carbons (Fsp3) is 0.179. The molecule has 2 aromatic heterocycles. The number of hydrogen-bond acceptors (Lipinski definition) is 6. The molecule has 0 saturated heterocycles. The van der Waals surface area contributed by atoms with Crippen molar-refractivity contribution in [1.82, 2.24) is 19.7 Å². The molecule has 0 radical (unpaired) electrons. The molecule has 0 amide bonds. The van der Waals surface area contributed by atoms with Gasteiger partial charge in [0.15, 0.2) is 0 Å². The first-order valence-corrected chi connectivity index (χ1v) is 11.3. The van der Waals surface area contributed by atoms with Crippen LogP contribution in [0.15, 0.2) is 79.3 Å². The summed E-state index contributed by atoms with van der Waals surface area (Å²) in [5.74, 6) is 1.46. The zero-order valence-electron chi connectivity index (χ0n) is 20.3. The molecule has 35 heavy (non-hydrogen) atoms. The minimum atomic E-state index is 0.665. The van der Waals surface area contributed by atoms with Crippen molar-refractivity contribution in [3.8, 4) is 22.8 Å². The van der Waals surface area contributed by atoms with E-state index in [1.54, 1.807) is 31.3 Å².